The first-order valence-corrected chi connectivity index (χ1v) is 43.9. The van der Waals surface area contributed by atoms with Crippen LogP contribution in [0.2, 0.25) is 0 Å². The maximum absolute atomic E-state index is 15.5. The summed E-state index contributed by atoms with van der Waals surface area (Å²) in [6.45, 7) is 0.624. The summed E-state index contributed by atoms with van der Waals surface area (Å²) in [4.78, 5) is 265. The summed E-state index contributed by atoms with van der Waals surface area (Å²) in [6.07, 6.45) is 2.31. The van der Waals surface area contributed by atoms with E-state index >= 15 is 24.0 Å². The van der Waals surface area contributed by atoms with Crippen molar-refractivity contribution in [1.29, 1.82) is 5.41 Å². The number of aliphatic hydroxyl groups excluding tert-OH is 3. The molecule has 0 saturated carbocycles. The normalized spacial score (nSPS) is 25.1. The van der Waals surface area contributed by atoms with Gasteiger partial charge in [0.1, 0.15) is 90.3 Å². The second-order valence-electron chi connectivity index (χ2n) is 32.5. The Morgan fingerprint density at radius 2 is 1.07 bits per heavy atom. The van der Waals surface area contributed by atoms with Crippen LogP contribution >= 0.6 is 11.8 Å². The third-order valence-corrected chi connectivity index (χ3v) is 24.2. The van der Waals surface area contributed by atoms with Gasteiger partial charge in [-0.3, -0.25) is 86.9 Å². The molecule has 3 saturated heterocycles. The number of carbonyl (C=O) groups excluding carboxylic acids is 17. The van der Waals surface area contributed by atoms with Gasteiger partial charge in [-0.25, -0.2) is 4.98 Å². The molecule has 15 atom stereocenters. The number of phenolic OH excluding ortho intramolecular Hbond substituents is 1. The van der Waals surface area contributed by atoms with Crippen LogP contribution < -0.4 is 75.7 Å². The van der Waals surface area contributed by atoms with Crippen molar-refractivity contribution in [3.63, 3.8) is 0 Å². The minimum Gasteiger partial charge on any atom is -0.508 e. The van der Waals surface area contributed by atoms with Crippen LogP contribution in [0.1, 0.15) is 101 Å². The van der Waals surface area contributed by atoms with Crippen LogP contribution in [0.3, 0.4) is 0 Å². The lowest BCUT2D eigenvalue weighted by molar-refractivity contribution is -0.149. The van der Waals surface area contributed by atoms with E-state index in [-0.39, 0.29) is 82.3 Å². The van der Waals surface area contributed by atoms with Crippen molar-refractivity contribution in [1.82, 2.24) is 103 Å². The van der Waals surface area contributed by atoms with Crippen LogP contribution in [-0.4, -0.2) is 334 Å². The number of imidazole rings is 1. The van der Waals surface area contributed by atoms with E-state index in [9.17, 15) is 78.0 Å². The standard InChI is InChI=1S/C85H116N24O21S/c1-7-8-20-66-84(130)106(5)45(3)71(117)97-56(19-13-26-91-85(88)89)74(120)104-64(73(119)94-37-69(87)115)41-131-42-70(116)96-59(28-46-22-24-50(112)25-23-46)80(126)105(4)44(2)72(118)100-61(33-68(86)114)82(128)108-27-14-21-65(108)78(124)99-58(31-49-36-90-43-95-49)76(122)103-63(40-111)83(129)109-38-51(113)32-67(109)79(125)98-57(29-47-34-92-54-17-11-9-15-52(47)54)75(121)102-62(39-110)77(123)101-60(81(127)107(66)6)30-48-35-93-55-18-12-10-16-53(48)55/h9-12,15-18,22-25,34-36,43-45,51,56-67,92-93,110-113H,7-8,13-14,19-21,26-33,37-42H2,1-6H3,(H2,86,114)(H2,87,115)(H,90,95)(H,94,119)(H,96,116)(H,97,117)(H,98,125)(H,99,124)(H,100,118)(H,101,123)(H,102,121)(H,103,122)(H,104,120)(H4,88,89,91)/t44-,45-,51+,56-,57-,58-,59-,60-,61+,62-,63-,64-,65-,66-,67-/m0/s1. The van der Waals surface area contributed by atoms with Crippen LogP contribution in [-0.2, 0) is 107 Å². The highest BCUT2D eigenvalue weighted by Gasteiger charge is 2.46. The van der Waals surface area contributed by atoms with Gasteiger partial charge in [-0.1, -0.05) is 68.3 Å². The fourth-order valence-corrected chi connectivity index (χ4v) is 16.5. The molecule has 0 bridgehead atoms. The van der Waals surface area contributed by atoms with Gasteiger partial charge in [-0.05, 0) is 86.9 Å². The number of aromatic nitrogens is 4. The zero-order chi connectivity index (χ0) is 95.6. The third-order valence-electron chi connectivity index (χ3n) is 23.2. The summed E-state index contributed by atoms with van der Waals surface area (Å²) in [5.74, 6) is -18.7. The van der Waals surface area contributed by atoms with Crippen molar-refractivity contribution < 1.29 is 102 Å². The number of benzene rings is 3. The summed E-state index contributed by atoms with van der Waals surface area (Å²) >= 11 is 0.742. The van der Waals surface area contributed by atoms with E-state index < -0.39 is 248 Å². The average Bonchev–Trinajstić information content (AvgIpc) is 1.78. The Morgan fingerprint density at radius 1 is 0.542 bits per heavy atom. The van der Waals surface area contributed by atoms with E-state index in [1.165, 1.54) is 71.8 Å². The molecule has 708 valence electrons. The van der Waals surface area contributed by atoms with Gasteiger partial charge >= 0.3 is 0 Å². The molecular weight excluding hydrogens is 1730 g/mol. The number of carbonyl (C=O) groups is 17. The minimum atomic E-state index is -1.93. The molecule has 9 rings (SSSR count). The molecule has 3 aliphatic heterocycles. The number of unbranched alkanes of at least 4 members (excludes halogenated alkanes) is 1. The second kappa shape index (κ2) is 47.5. The number of rotatable bonds is 22. The Balaban J connectivity index is 1.07. The van der Waals surface area contributed by atoms with Crippen molar-refractivity contribution in [2.75, 3.05) is 72.0 Å². The number of hydrogen-bond donors (Lipinski definition) is 22. The van der Waals surface area contributed by atoms with E-state index in [1.807, 2.05) is 6.92 Å². The van der Waals surface area contributed by atoms with Crippen LogP contribution in [0.15, 0.2) is 97.7 Å². The summed E-state index contributed by atoms with van der Waals surface area (Å²) in [7, 11) is 3.76. The van der Waals surface area contributed by atoms with E-state index in [0.717, 1.165) is 36.3 Å². The highest BCUT2D eigenvalue weighted by Crippen LogP contribution is 2.27. The van der Waals surface area contributed by atoms with Crippen LogP contribution in [0.5, 0.6) is 5.75 Å². The van der Waals surface area contributed by atoms with E-state index in [1.54, 1.807) is 60.9 Å². The first-order chi connectivity index (χ1) is 62.4. The number of aromatic amines is 3. The molecule has 45 nitrogen and oxygen atoms in total. The zero-order valence-electron chi connectivity index (χ0n) is 73.3. The number of para-hydroxylation sites is 2. The first-order valence-electron chi connectivity index (χ1n) is 42.8. The molecule has 3 fully saturated rings. The number of hydrogen-bond acceptors (Lipinski definition) is 24. The number of nitrogens with two attached hydrogens (primary N) is 3. The number of fused-ring (bicyclic) bond motifs is 4. The van der Waals surface area contributed by atoms with Gasteiger partial charge in [0.05, 0.1) is 44.4 Å². The molecule has 6 heterocycles. The van der Waals surface area contributed by atoms with Crippen LogP contribution in [0, 0.1) is 5.41 Å². The topological polar surface area (TPSA) is 682 Å². The highest BCUT2D eigenvalue weighted by atomic mass is 32.2. The van der Waals surface area contributed by atoms with Gasteiger partial charge in [0, 0.05) is 125 Å². The fraction of sp³-hybridized carbons (Fsp3) is 0.494. The lowest BCUT2D eigenvalue weighted by Crippen LogP contribution is -2.62. The number of guanidine groups is 1. The molecule has 3 aliphatic rings. The van der Waals surface area contributed by atoms with E-state index in [2.05, 4.69) is 78.4 Å². The molecule has 0 unspecified atom stereocenters. The van der Waals surface area contributed by atoms with E-state index in [0.29, 0.717) is 51.3 Å². The second-order valence-corrected chi connectivity index (χ2v) is 33.6. The van der Waals surface area contributed by atoms with Crippen molar-refractivity contribution >= 4 is 140 Å². The van der Waals surface area contributed by atoms with Gasteiger partial charge in [0.25, 0.3) is 0 Å². The number of aliphatic hydroxyl groups is 3. The van der Waals surface area contributed by atoms with Crippen LogP contribution in [0.25, 0.3) is 21.8 Å². The van der Waals surface area contributed by atoms with Crippen molar-refractivity contribution in [2.24, 2.45) is 17.2 Å². The zero-order valence-corrected chi connectivity index (χ0v) is 74.1. The lowest BCUT2D eigenvalue weighted by atomic mass is 10.0. The molecule has 17 amide bonds. The number of nitrogens with zero attached hydrogens (tertiary/aromatic N) is 6. The lowest BCUT2D eigenvalue weighted by Gasteiger charge is -2.35. The predicted molar refractivity (Wildman–Crippen MR) is 474 cm³/mol. The maximum Gasteiger partial charge on any atom is 0.248 e. The molecule has 131 heavy (non-hydrogen) atoms. The van der Waals surface area contributed by atoms with Crippen molar-refractivity contribution in [3.8, 4) is 5.75 Å². The Labute approximate surface area is 756 Å². The number of primary amides is 2. The molecule has 0 spiro atoms. The number of amides is 17. The van der Waals surface area contributed by atoms with Crippen LogP contribution in [0.4, 0.5) is 0 Å². The van der Waals surface area contributed by atoms with Gasteiger partial charge in [0.15, 0.2) is 5.96 Å². The molecule has 0 radical (unpaired) electrons. The van der Waals surface area contributed by atoms with Crippen molar-refractivity contribution in [3.05, 3.63) is 120 Å². The Bertz CT molecular complexity index is 5130. The quantitative estimate of drug-likeness (QED) is 0.0171. The summed E-state index contributed by atoms with van der Waals surface area (Å²) in [5.41, 5.74) is 19.4. The molecule has 0 aliphatic carbocycles. The third kappa shape index (κ3) is 27.4. The number of phenols is 1. The number of H-pyrrole nitrogens is 3. The smallest absolute Gasteiger partial charge is 0.248 e. The molecule has 3 aromatic carbocycles. The van der Waals surface area contributed by atoms with Crippen molar-refractivity contribution in [2.45, 2.75) is 195 Å². The summed E-state index contributed by atoms with van der Waals surface area (Å²) < 4.78 is 0. The minimum absolute atomic E-state index is 0.0219. The van der Waals surface area contributed by atoms with Gasteiger partial charge in [-0.2, -0.15) is 0 Å². The van der Waals surface area contributed by atoms with Gasteiger partial charge in [0.2, 0.25) is 100 Å². The molecular formula is C85H116N24O21S. The Morgan fingerprint density at radius 3 is 1.66 bits per heavy atom. The number of thioether (sulfide) groups is 1. The summed E-state index contributed by atoms with van der Waals surface area (Å²) in [5, 5.41) is 80.6. The first kappa shape index (κ1) is 101. The SMILES string of the molecule is CCCC[C@H]1C(=O)N(C)[C@@H](C)C(=O)N[C@@H](CCCNC(=N)N)C(=O)N[C@H](C(=O)NCC(N)=O)CSCC(=O)N[C@@H](Cc2ccc(O)cc2)C(=O)N(C)[C@@H](C)C(=O)N[C@H](CC(N)=O)C(=O)N2CCC[C@H]2C(=O)N[C@@H](Cc2cnc[nH]2)C(=O)N[C@@H](CO)C(=O)N2C[C@H](O)C[C@H]2C(=O)N[C@@H](Cc2c[nH]c3ccccc23)C(=O)N[C@@H](CO)C(=O)N[C@@H](Cc2c[nH]c3ccccc23)C(=O)N1C. The summed E-state index contributed by atoms with van der Waals surface area (Å²) in [6, 6.07) is -3.45. The number of likely N-dealkylation sites (N-methyl/N-ethyl adjacent to an activating group) is 3. The molecule has 46 heteroatoms. The average molecular weight is 1840 g/mol. The van der Waals surface area contributed by atoms with Gasteiger partial charge < -0.3 is 136 Å². The molecule has 3 aromatic heterocycles. The Kier molecular flexibility index (Phi) is 36.6. The van der Waals surface area contributed by atoms with E-state index in [4.69, 9.17) is 22.6 Å². The molecule has 25 N–H and O–H groups in total. The number of nitrogens with one attached hydrogen (secondary N) is 15. The highest BCUT2D eigenvalue weighted by molar-refractivity contribution is 8.00. The Hall–Kier alpha value is -13.8. The number of aromatic hydroxyl groups is 1. The fourth-order valence-electron chi connectivity index (χ4n) is 15.6. The largest absolute Gasteiger partial charge is 0.508 e. The monoisotopic (exact) mass is 1840 g/mol. The molecule has 6 aromatic rings. The maximum atomic E-state index is 15.5. The predicted octanol–water partition coefficient (Wildman–Crippen LogP) is -6.15. The van der Waals surface area contributed by atoms with Gasteiger partial charge in [-0.15, -0.1) is 11.8 Å².